The fourth-order valence-electron chi connectivity index (χ4n) is 1.81. The molecule has 0 bridgehead atoms. The van der Waals surface area contributed by atoms with E-state index in [0.29, 0.717) is 37.5 Å². The Morgan fingerprint density at radius 3 is 1.70 bits per heavy atom. The maximum Gasteiger partial charge on any atom is 0.337 e. The molecule has 0 spiro atoms. The van der Waals surface area contributed by atoms with Gasteiger partial charge in [-0.3, -0.25) is 4.79 Å². The van der Waals surface area contributed by atoms with Crippen LogP contribution in [0.3, 0.4) is 0 Å². The summed E-state index contributed by atoms with van der Waals surface area (Å²) in [7, 11) is 2.63. The van der Waals surface area contributed by atoms with E-state index in [4.69, 9.17) is 5.21 Å². The third kappa shape index (κ3) is 6.61. The average Bonchev–Trinajstić information content (AvgIpc) is 2.68. The van der Waals surface area contributed by atoms with Gasteiger partial charge in [-0.05, 0) is 30.3 Å². The third-order valence-corrected chi connectivity index (χ3v) is 4.54. The van der Waals surface area contributed by atoms with Gasteiger partial charge in [-0.2, -0.15) is 0 Å². The highest BCUT2D eigenvalue weighted by molar-refractivity contribution is 9.10. The smallest absolute Gasteiger partial charge is 0.337 e. The van der Waals surface area contributed by atoms with Crippen LogP contribution in [0.4, 0.5) is 0 Å². The standard InChI is InChI=1S/C9H8BrNO3.C9H7BrO3/c1-14-9(12)6-2-3-7(5-11-13)8(10)4-6;1-13-9(12)6-2-3-7(5-11)8(10)4-6/h2-5,13H,1H3;2-5H,1H3/b11-5+;. The number of methoxy groups -OCH3 is 2. The predicted octanol–water partition coefficient (Wildman–Crippen LogP) is 4.09. The monoisotopic (exact) mass is 499 g/mol. The Balaban J connectivity index is 0.000000271. The molecule has 1 N–H and O–H groups in total. The molecule has 0 fully saturated rings. The van der Waals surface area contributed by atoms with Gasteiger partial charge >= 0.3 is 11.9 Å². The van der Waals surface area contributed by atoms with Gasteiger partial charge in [0.2, 0.25) is 0 Å². The fraction of sp³-hybridized carbons (Fsp3) is 0.111. The van der Waals surface area contributed by atoms with Crippen molar-refractivity contribution in [2.75, 3.05) is 14.2 Å². The van der Waals surface area contributed by atoms with Crippen LogP contribution >= 0.6 is 31.9 Å². The number of halogens is 2. The maximum absolute atomic E-state index is 11.1. The minimum atomic E-state index is -0.418. The van der Waals surface area contributed by atoms with E-state index in [1.54, 1.807) is 36.4 Å². The fourth-order valence-corrected chi connectivity index (χ4v) is 2.76. The van der Waals surface area contributed by atoms with Gasteiger partial charge in [0.25, 0.3) is 0 Å². The van der Waals surface area contributed by atoms with Gasteiger partial charge < -0.3 is 14.7 Å². The normalized spacial score (nSPS) is 9.93. The molecular weight excluding hydrogens is 486 g/mol. The molecule has 0 heterocycles. The number of nitrogens with zero attached hydrogens (tertiary/aromatic N) is 1. The summed E-state index contributed by atoms with van der Waals surface area (Å²) in [6.07, 6.45) is 1.98. The van der Waals surface area contributed by atoms with Crippen molar-refractivity contribution in [3.8, 4) is 0 Å². The van der Waals surface area contributed by atoms with E-state index in [1.807, 2.05) is 0 Å². The van der Waals surface area contributed by atoms with Crippen molar-refractivity contribution in [3.63, 3.8) is 0 Å². The van der Waals surface area contributed by atoms with Crippen molar-refractivity contribution in [3.05, 3.63) is 67.6 Å². The Morgan fingerprint density at radius 1 is 0.926 bits per heavy atom. The first kappa shape index (κ1) is 22.5. The summed E-state index contributed by atoms with van der Waals surface area (Å²) >= 11 is 6.40. The zero-order chi connectivity index (χ0) is 20.4. The number of hydrogen-bond donors (Lipinski definition) is 1. The number of benzene rings is 2. The van der Waals surface area contributed by atoms with Gasteiger partial charge in [0.1, 0.15) is 0 Å². The van der Waals surface area contributed by atoms with Gasteiger partial charge in [0, 0.05) is 20.1 Å². The zero-order valence-electron chi connectivity index (χ0n) is 14.3. The molecule has 0 aliphatic heterocycles. The molecule has 2 rings (SSSR count). The minimum absolute atomic E-state index is 0.404. The van der Waals surface area contributed by atoms with Crippen LogP contribution in [-0.4, -0.2) is 43.9 Å². The molecule has 7 nitrogen and oxygen atoms in total. The van der Waals surface area contributed by atoms with Crippen molar-refractivity contribution >= 4 is 56.3 Å². The second-order valence-corrected chi connectivity index (χ2v) is 6.53. The lowest BCUT2D eigenvalue weighted by Gasteiger charge is -2.01. The van der Waals surface area contributed by atoms with Crippen LogP contribution in [0.2, 0.25) is 0 Å². The number of esters is 2. The molecule has 0 saturated carbocycles. The van der Waals surface area contributed by atoms with Gasteiger partial charge in [-0.25, -0.2) is 9.59 Å². The van der Waals surface area contributed by atoms with Crippen LogP contribution in [-0.2, 0) is 9.47 Å². The van der Waals surface area contributed by atoms with E-state index >= 15 is 0 Å². The van der Waals surface area contributed by atoms with Crippen LogP contribution in [0, 0.1) is 0 Å². The van der Waals surface area contributed by atoms with E-state index in [0.717, 1.165) is 0 Å². The predicted molar refractivity (Wildman–Crippen MR) is 106 cm³/mol. The first-order valence-corrected chi connectivity index (χ1v) is 8.84. The lowest BCUT2D eigenvalue weighted by Crippen LogP contribution is -2.01. The summed E-state index contributed by atoms with van der Waals surface area (Å²) in [5.74, 6) is -0.823. The van der Waals surface area contributed by atoms with Crippen molar-refractivity contribution in [2.45, 2.75) is 0 Å². The van der Waals surface area contributed by atoms with E-state index < -0.39 is 11.9 Å². The maximum atomic E-state index is 11.1. The Hall–Kier alpha value is -2.52. The molecule has 0 aliphatic carbocycles. The van der Waals surface area contributed by atoms with Gasteiger partial charge in [0.05, 0.1) is 31.6 Å². The number of aldehydes is 1. The Bertz CT molecular complexity index is 867. The molecule has 0 saturated heterocycles. The van der Waals surface area contributed by atoms with Crippen LogP contribution in [0.15, 0.2) is 50.5 Å². The molecule has 0 unspecified atom stereocenters. The number of rotatable bonds is 4. The Labute approximate surface area is 172 Å². The number of hydrogen-bond acceptors (Lipinski definition) is 7. The van der Waals surface area contributed by atoms with E-state index in [-0.39, 0.29) is 0 Å². The zero-order valence-corrected chi connectivity index (χ0v) is 17.5. The molecule has 142 valence electrons. The Kier molecular flexibility index (Phi) is 9.38. The number of ether oxygens (including phenoxy) is 2. The first-order chi connectivity index (χ1) is 12.9. The van der Waals surface area contributed by atoms with Gasteiger partial charge in [-0.15, -0.1) is 0 Å². The molecule has 0 amide bonds. The van der Waals surface area contributed by atoms with Crippen LogP contribution in [0.5, 0.6) is 0 Å². The number of carbonyl (C=O) groups is 3. The van der Waals surface area contributed by atoms with E-state index in [1.165, 1.54) is 20.4 Å². The van der Waals surface area contributed by atoms with Gasteiger partial charge in [-0.1, -0.05) is 43.1 Å². The lowest BCUT2D eigenvalue weighted by atomic mass is 10.1. The number of oxime groups is 1. The first-order valence-electron chi connectivity index (χ1n) is 7.26. The van der Waals surface area contributed by atoms with Crippen LogP contribution in [0.1, 0.15) is 36.6 Å². The molecule has 2 aromatic carbocycles. The molecule has 0 radical (unpaired) electrons. The summed E-state index contributed by atoms with van der Waals surface area (Å²) in [5, 5.41) is 11.2. The van der Waals surface area contributed by atoms with Crippen LogP contribution in [0.25, 0.3) is 0 Å². The van der Waals surface area contributed by atoms with E-state index in [9.17, 15) is 14.4 Å². The highest BCUT2D eigenvalue weighted by Gasteiger charge is 2.08. The molecule has 27 heavy (non-hydrogen) atoms. The quantitative estimate of drug-likeness (QED) is 0.223. The minimum Gasteiger partial charge on any atom is -0.465 e. The van der Waals surface area contributed by atoms with Crippen molar-refractivity contribution in [1.29, 1.82) is 0 Å². The molecule has 0 aliphatic rings. The van der Waals surface area contributed by atoms with Crippen molar-refractivity contribution < 1.29 is 29.1 Å². The SMILES string of the molecule is COC(=O)c1ccc(/C=N/O)c(Br)c1.COC(=O)c1ccc(C=O)c(Br)c1. The Morgan fingerprint density at radius 2 is 1.37 bits per heavy atom. The average molecular weight is 501 g/mol. The van der Waals surface area contributed by atoms with Crippen molar-refractivity contribution in [1.82, 2.24) is 0 Å². The third-order valence-electron chi connectivity index (χ3n) is 3.17. The second-order valence-electron chi connectivity index (χ2n) is 4.82. The topological polar surface area (TPSA) is 102 Å². The molecular formula is C18H15Br2NO6. The second kappa shape index (κ2) is 11.2. The number of carbonyl (C=O) groups excluding carboxylic acids is 3. The van der Waals surface area contributed by atoms with Crippen molar-refractivity contribution in [2.24, 2.45) is 5.16 Å². The molecule has 9 heteroatoms. The van der Waals surface area contributed by atoms with E-state index in [2.05, 4.69) is 46.5 Å². The molecule has 2 aromatic rings. The summed E-state index contributed by atoms with van der Waals surface area (Å²) in [6.45, 7) is 0. The molecule has 0 aromatic heterocycles. The summed E-state index contributed by atoms with van der Waals surface area (Å²) in [6, 6.07) is 9.49. The summed E-state index contributed by atoms with van der Waals surface area (Å²) < 4.78 is 10.3. The van der Waals surface area contributed by atoms with Gasteiger partial charge in [0.15, 0.2) is 6.29 Å². The lowest BCUT2D eigenvalue weighted by molar-refractivity contribution is 0.0591. The highest BCUT2D eigenvalue weighted by atomic mass is 79.9. The highest BCUT2D eigenvalue weighted by Crippen LogP contribution is 2.18. The molecule has 0 atom stereocenters. The largest absolute Gasteiger partial charge is 0.465 e. The summed E-state index contributed by atoms with van der Waals surface area (Å²) in [4.78, 5) is 32.6. The summed E-state index contributed by atoms with van der Waals surface area (Å²) in [5.41, 5.74) is 2.04. The van der Waals surface area contributed by atoms with Crippen LogP contribution < -0.4 is 0 Å².